The molecule has 0 bridgehead atoms. The zero-order valence-corrected chi connectivity index (χ0v) is 20.0. The molecule has 1 amide bonds. The Morgan fingerprint density at radius 1 is 0.973 bits per heavy atom. The van der Waals surface area contributed by atoms with Crippen LogP contribution in [0.3, 0.4) is 0 Å². The van der Waals surface area contributed by atoms with E-state index in [0.717, 1.165) is 12.1 Å². The van der Waals surface area contributed by atoms with Crippen molar-refractivity contribution in [3.05, 3.63) is 83.9 Å². The third kappa shape index (κ3) is 6.25. The number of carbonyl (C=O) groups is 1. The molecule has 0 aliphatic heterocycles. The standard InChI is InChI=1S/C26H23F3N4O4/c1-35-13-14-37-25-31-23(17-9-11-19(12-10-17)26(27,28)29)33(32-25)21-7-4-6-20(16-21)30-24(34)18-5-3-8-22(15-18)36-2/h3-12,15-16H,13-14H2,1-2H3,(H,30,34). The van der Waals surface area contributed by atoms with Gasteiger partial charge in [0.05, 0.1) is 25.0 Å². The lowest BCUT2D eigenvalue weighted by Crippen LogP contribution is -2.12. The van der Waals surface area contributed by atoms with E-state index in [4.69, 9.17) is 14.2 Å². The third-order valence-corrected chi connectivity index (χ3v) is 5.26. The van der Waals surface area contributed by atoms with E-state index in [2.05, 4.69) is 15.4 Å². The van der Waals surface area contributed by atoms with Crippen molar-refractivity contribution < 1.29 is 32.2 Å². The van der Waals surface area contributed by atoms with Crippen LogP contribution in [0.5, 0.6) is 11.8 Å². The minimum absolute atomic E-state index is 0.0257. The fraction of sp³-hybridized carbons (Fsp3) is 0.192. The lowest BCUT2D eigenvalue weighted by Gasteiger charge is -2.11. The minimum Gasteiger partial charge on any atom is -0.497 e. The number of nitrogens with zero attached hydrogens (tertiary/aromatic N) is 3. The number of amides is 1. The summed E-state index contributed by atoms with van der Waals surface area (Å²) >= 11 is 0. The van der Waals surface area contributed by atoms with Crippen LogP contribution in [0.2, 0.25) is 0 Å². The maximum absolute atomic E-state index is 13.1. The molecule has 4 rings (SSSR count). The average molecular weight is 512 g/mol. The molecular weight excluding hydrogens is 489 g/mol. The van der Waals surface area contributed by atoms with Gasteiger partial charge in [0.15, 0.2) is 5.82 Å². The Morgan fingerprint density at radius 2 is 1.73 bits per heavy atom. The summed E-state index contributed by atoms with van der Waals surface area (Å²) in [5.74, 6) is 0.463. The summed E-state index contributed by atoms with van der Waals surface area (Å²) in [6, 6.07) is 18.1. The van der Waals surface area contributed by atoms with Crippen molar-refractivity contribution in [3.8, 4) is 28.8 Å². The number of ether oxygens (including phenoxy) is 3. The van der Waals surface area contributed by atoms with Crippen molar-refractivity contribution in [3.63, 3.8) is 0 Å². The first-order valence-corrected chi connectivity index (χ1v) is 11.1. The summed E-state index contributed by atoms with van der Waals surface area (Å²) < 4.78 is 56.3. The van der Waals surface area contributed by atoms with Crippen LogP contribution < -0.4 is 14.8 Å². The van der Waals surface area contributed by atoms with Crippen molar-refractivity contribution in [2.24, 2.45) is 0 Å². The molecule has 0 aliphatic rings. The number of anilines is 1. The summed E-state index contributed by atoms with van der Waals surface area (Å²) in [6.07, 6.45) is -4.46. The highest BCUT2D eigenvalue weighted by atomic mass is 19.4. The Bertz CT molecular complexity index is 1370. The molecule has 37 heavy (non-hydrogen) atoms. The van der Waals surface area contributed by atoms with Crippen molar-refractivity contribution in [1.29, 1.82) is 0 Å². The van der Waals surface area contributed by atoms with Gasteiger partial charge in [-0.1, -0.05) is 24.3 Å². The highest BCUT2D eigenvalue weighted by Gasteiger charge is 2.30. The minimum atomic E-state index is -4.46. The van der Waals surface area contributed by atoms with Gasteiger partial charge in [-0.25, -0.2) is 4.68 Å². The topological polar surface area (TPSA) is 87.5 Å². The number of rotatable bonds is 9. The molecule has 0 saturated heterocycles. The van der Waals surface area contributed by atoms with Gasteiger partial charge in [-0.2, -0.15) is 18.2 Å². The molecule has 8 nitrogen and oxygen atoms in total. The predicted octanol–water partition coefficient (Wildman–Crippen LogP) is 5.24. The number of halogens is 3. The number of hydrogen-bond donors (Lipinski definition) is 1. The van der Waals surface area contributed by atoms with Gasteiger partial charge in [0.2, 0.25) is 0 Å². The molecular formula is C26H23F3N4O4. The summed E-state index contributed by atoms with van der Waals surface area (Å²) in [4.78, 5) is 17.1. The van der Waals surface area contributed by atoms with Crippen molar-refractivity contribution in [2.75, 3.05) is 32.8 Å². The molecule has 0 atom stereocenters. The lowest BCUT2D eigenvalue weighted by atomic mass is 10.1. The molecule has 0 unspecified atom stereocenters. The molecule has 1 N–H and O–H groups in total. The number of hydrogen-bond acceptors (Lipinski definition) is 6. The first kappa shape index (κ1) is 25.7. The summed E-state index contributed by atoms with van der Waals surface area (Å²) in [5, 5.41) is 7.20. The Kier molecular flexibility index (Phi) is 7.73. The Labute approximate surface area is 210 Å². The van der Waals surface area contributed by atoms with Crippen LogP contribution in [0.1, 0.15) is 15.9 Å². The molecule has 0 aliphatic carbocycles. The Balaban J connectivity index is 1.66. The van der Waals surface area contributed by atoms with E-state index in [0.29, 0.717) is 34.9 Å². The quantitative estimate of drug-likeness (QED) is 0.309. The van der Waals surface area contributed by atoms with Crippen molar-refractivity contribution in [2.45, 2.75) is 6.18 Å². The summed E-state index contributed by atoms with van der Waals surface area (Å²) in [6.45, 7) is 0.486. The lowest BCUT2D eigenvalue weighted by molar-refractivity contribution is -0.137. The molecule has 1 heterocycles. The second-order valence-corrected chi connectivity index (χ2v) is 7.78. The number of alkyl halides is 3. The van der Waals surface area contributed by atoms with Gasteiger partial charge >= 0.3 is 12.2 Å². The van der Waals surface area contributed by atoms with Crippen LogP contribution in [0.4, 0.5) is 18.9 Å². The smallest absolute Gasteiger partial charge is 0.416 e. The fourth-order valence-corrected chi connectivity index (χ4v) is 3.43. The zero-order valence-electron chi connectivity index (χ0n) is 20.0. The Hall–Kier alpha value is -4.38. The van der Waals surface area contributed by atoms with E-state index in [1.54, 1.807) is 48.5 Å². The number of carbonyl (C=O) groups excluding carboxylic acids is 1. The van der Waals surface area contributed by atoms with Gasteiger partial charge in [-0.05, 0) is 48.5 Å². The van der Waals surface area contributed by atoms with Gasteiger partial charge < -0.3 is 19.5 Å². The van der Waals surface area contributed by atoms with Crippen LogP contribution in [-0.2, 0) is 10.9 Å². The maximum Gasteiger partial charge on any atom is 0.416 e. The first-order valence-electron chi connectivity index (χ1n) is 11.1. The normalized spacial score (nSPS) is 11.3. The fourth-order valence-electron chi connectivity index (χ4n) is 3.43. The van der Waals surface area contributed by atoms with E-state index in [1.807, 2.05) is 0 Å². The average Bonchev–Trinajstić information content (AvgIpc) is 3.33. The number of methoxy groups -OCH3 is 2. The van der Waals surface area contributed by atoms with E-state index in [1.165, 1.54) is 31.0 Å². The zero-order chi connectivity index (χ0) is 26.4. The summed E-state index contributed by atoms with van der Waals surface area (Å²) in [7, 11) is 3.04. The summed E-state index contributed by atoms with van der Waals surface area (Å²) in [5.41, 5.74) is 1.01. The molecule has 4 aromatic rings. The van der Waals surface area contributed by atoms with E-state index < -0.39 is 11.7 Å². The predicted molar refractivity (Wildman–Crippen MR) is 130 cm³/mol. The van der Waals surface area contributed by atoms with Gasteiger partial charge in [-0.3, -0.25) is 4.79 Å². The van der Waals surface area contributed by atoms with Gasteiger partial charge in [0, 0.05) is 23.9 Å². The van der Waals surface area contributed by atoms with Gasteiger partial charge in [-0.15, -0.1) is 5.10 Å². The van der Waals surface area contributed by atoms with Crippen molar-refractivity contribution in [1.82, 2.24) is 14.8 Å². The van der Waals surface area contributed by atoms with Crippen LogP contribution in [0.25, 0.3) is 17.1 Å². The molecule has 0 saturated carbocycles. The van der Waals surface area contributed by atoms with E-state index >= 15 is 0 Å². The monoisotopic (exact) mass is 512 g/mol. The van der Waals surface area contributed by atoms with Crippen LogP contribution >= 0.6 is 0 Å². The molecule has 3 aromatic carbocycles. The van der Waals surface area contributed by atoms with Crippen LogP contribution in [0.15, 0.2) is 72.8 Å². The number of aromatic nitrogens is 3. The van der Waals surface area contributed by atoms with E-state index in [-0.39, 0.29) is 24.3 Å². The van der Waals surface area contributed by atoms with Crippen LogP contribution in [0, 0.1) is 0 Å². The molecule has 0 spiro atoms. The molecule has 1 aromatic heterocycles. The highest BCUT2D eigenvalue weighted by Crippen LogP contribution is 2.32. The first-order chi connectivity index (χ1) is 17.8. The molecule has 0 radical (unpaired) electrons. The van der Waals surface area contributed by atoms with Gasteiger partial charge in [0.1, 0.15) is 12.4 Å². The third-order valence-electron chi connectivity index (χ3n) is 5.26. The number of benzene rings is 3. The Morgan fingerprint density at radius 3 is 2.43 bits per heavy atom. The molecule has 0 fully saturated rings. The maximum atomic E-state index is 13.1. The largest absolute Gasteiger partial charge is 0.497 e. The highest BCUT2D eigenvalue weighted by molar-refractivity contribution is 6.04. The molecule has 11 heteroatoms. The van der Waals surface area contributed by atoms with Gasteiger partial charge in [0.25, 0.3) is 5.91 Å². The number of nitrogens with one attached hydrogen (secondary N) is 1. The van der Waals surface area contributed by atoms with Crippen LogP contribution in [-0.4, -0.2) is 48.1 Å². The molecule has 192 valence electrons. The van der Waals surface area contributed by atoms with E-state index in [9.17, 15) is 18.0 Å². The second kappa shape index (κ2) is 11.1. The second-order valence-electron chi connectivity index (χ2n) is 7.78. The van der Waals surface area contributed by atoms with Crippen molar-refractivity contribution >= 4 is 11.6 Å². The SMILES string of the molecule is COCCOc1nc(-c2ccc(C(F)(F)F)cc2)n(-c2cccc(NC(=O)c3cccc(OC)c3)c2)n1.